The van der Waals surface area contributed by atoms with Crippen LogP contribution in [0.3, 0.4) is 0 Å². The molecule has 1 saturated heterocycles. The summed E-state index contributed by atoms with van der Waals surface area (Å²) in [6.45, 7) is 1.66. The predicted octanol–water partition coefficient (Wildman–Crippen LogP) is 3.90. The van der Waals surface area contributed by atoms with Crippen LogP contribution < -0.4 is 16.2 Å². The molecule has 0 aliphatic carbocycles. The van der Waals surface area contributed by atoms with Crippen LogP contribution in [0.4, 0.5) is 0 Å². The number of carbonyl (C=O) groups excluding carboxylic acids is 1. The molecule has 1 fully saturated rings. The van der Waals surface area contributed by atoms with E-state index in [2.05, 4.69) is 4.72 Å². The number of sulfonamides is 1. The number of likely N-dealkylation sites (tertiary alicyclic amines) is 1. The molecule has 38 heavy (non-hydrogen) atoms. The smallest absolute Gasteiger partial charge is 0.245 e. The number of nitrogens with two attached hydrogens (primary N) is 2. The van der Waals surface area contributed by atoms with Gasteiger partial charge in [0.1, 0.15) is 11.9 Å². The normalized spacial score (nSPS) is 15.3. The Morgan fingerprint density at radius 3 is 2.37 bits per heavy atom. The Bertz CT molecular complexity index is 1400. The number of benzene rings is 3. The molecule has 1 amide bonds. The Kier molecular flexibility index (Phi) is 8.83. The van der Waals surface area contributed by atoms with Crippen LogP contribution in [0.15, 0.2) is 77.7 Å². The number of halogens is 1. The molecule has 8 nitrogen and oxygen atoms in total. The summed E-state index contributed by atoms with van der Waals surface area (Å²) in [4.78, 5) is 15.5. The number of rotatable bonds is 9. The topological polar surface area (TPSA) is 142 Å². The molecule has 3 aromatic carbocycles. The largest absolute Gasteiger partial charge is 0.384 e. The van der Waals surface area contributed by atoms with E-state index in [4.69, 9.17) is 28.5 Å². The fourth-order valence-corrected chi connectivity index (χ4v) is 6.06. The van der Waals surface area contributed by atoms with Crippen LogP contribution in [0.5, 0.6) is 0 Å². The number of hydrogen-bond acceptors (Lipinski definition) is 5. The van der Waals surface area contributed by atoms with E-state index in [1.54, 1.807) is 53.4 Å². The maximum Gasteiger partial charge on any atom is 0.245 e. The average Bonchev–Trinajstić information content (AvgIpc) is 2.92. The highest BCUT2D eigenvalue weighted by atomic mass is 35.5. The zero-order chi connectivity index (χ0) is 27.3. The minimum absolute atomic E-state index is 0.0344. The van der Waals surface area contributed by atoms with E-state index in [0.717, 1.165) is 24.8 Å². The molecule has 0 spiro atoms. The van der Waals surface area contributed by atoms with E-state index >= 15 is 0 Å². The lowest BCUT2D eigenvalue weighted by Gasteiger charge is -2.34. The van der Waals surface area contributed by atoms with Gasteiger partial charge in [0.15, 0.2) is 0 Å². The first-order valence-corrected chi connectivity index (χ1v) is 14.4. The quantitative estimate of drug-likeness (QED) is 0.235. The third-order valence-electron chi connectivity index (χ3n) is 6.87. The molecule has 6 N–H and O–H groups in total. The summed E-state index contributed by atoms with van der Waals surface area (Å²) < 4.78 is 29.9. The predicted molar refractivity (Wildman–Crippen MR) is 150 cm³/mol. The SMILES string of the molecule is N=C(N)c1cccc(C(NS(=O)(=O)c2cccc(-c3ccc(Cl)cc3)c2)C(=O)N2CCC(CCN)CC2)c1. The highest BCUT2D eigenvalue weighted by Gasteiger charge is 2.33. The van der Waals surface area contributed by atoms with Gasteiger partial charge >= 0.3 is 0 Å². The van der Waals surface area contributed by atoms with Crippen molar-refractivity contribution in [3.05, 3.63) is 88.9 Å². The van der Waals surface area contributed by atoms with E-state index in [9.17, 15) is 13.2 Å². The van der Waals surface area contributed by atoms with Gasteiger partial charge in [0.2, 0.25) is 15.9 Å². The number of nitrogens with one attached hydrogen (secondary N) is 2. The van der Waals surface area contributed by atoms with Crippen LogP contribution in [-0.4, -0.2) is 44.7 Å². The third-order valence-corrected chi connectivity index (χ3v) is 8.55. The van der Waals surface area contributed by atoms with Gasteiger partial charge in [-0.1, -0.05) is 54.1 Å². The van der Waals surface area contributed by atoms with Crippen molar-refractivity contribution in [1.82, 2.24) is 9.62 Å². The van der Waals surface area contributed by atoms with Crippen molar-refractivity contribution < 1.29 is 13.2 Å². The lowest BCUT2D eigenvalue weighted by atomic mass is 9.93. The Balaban J connectivity index is 1.65. The second kappa shape index (κ2) is 12.1. The highest BCUT2D eigenvalue weighted by molar-refractivity contribution is 7.89. The summed E-state index contributed by atoms with van der Waals surface area (Å²) in [5, 5.41) is 8.38. The van der Waals surface area contributed by atoms with Gasteiger partial charge in [-0.3, -0.25) is 10.2 Å². The maximum atomic E-state index is 13.8. The molecule has 4 rings (SSSR count). The van der Waals surface area contributed by atoms with Crippen molar-refractivity contribution in [2.45, 2.75) is 30.2 Å². The monoisotopic (exact) mass is 553 g/mol. The van der Waals surface area contributed by atoms with Crippen molar-refractivity contribution >= 4 is 33.4 Å². The molecular weight excluding hydrogens is 522 g/mol. The maximum absolute atomic E-state index is 13.8. The first-order chi connectivity index (χ1) is 18.2. The summed E-state index contributed by atoms with van der Waals surface area (Å²) in [7, 11) is -4.11. The summed E-state index contributed by atoms with van der Waals surface area (Å²) in [6, 6.07) is 19.0. The second-order valence-electron chi connectivity index (χ2n) is 9.47. The van der Waals surface area contributed by atoms with Crippen LogP contribution in [0.25, 0.3) is 11.1 Å². The average molecular weight is 554 g/mol. The molecule has 0 radical (unpaired) electrons. The Labute approximate surface area is 228 Å². The van der Waals surface area contributed by atoms with Crippen molar-refractivity contribution in [1.29, 1.82) is 5.41 Å². The molecular formula is C28H32ClN5O3S. The fraction of sp³-hybridized carbons (Fsp3) is 0.286. The molecule has 1 aliphatic heterocycles. The minimum atomic E-state index is -4.11. The molecule has 1 heterocycles. The molecule has 10 heteroatoms. The standard InChI is InChI=1S/C28H32ClN5O3S/c29-24-9-7-20(8-10-24)21-3-2-6-25(18-21)38(36,37)33-26(22-4-1-5-23(17-22)27(31)32)28(35)34-15-12-19(11-14-30)13-16-34/h1-10,17-19,26,33H,11-16,30H2,(H3,31,32). The molecule has 3 aromatic rings. The van der Waals surface area contributed by atoms with Crippen molar-refractivity contribution in [2.24, 2.45) is 17.4 Å². The van der Waals surface area contributed by atoms with Gasteiger partial charge in [0.25, 0.3) is 0 Å². The van der Waals surface area contributed by atoms with Crippen LogP contribution >= 0.6 is 11.6 Å². The highest BCUT2D eigenvalue weighted by Crippen LogP contribution is 2.28. The molecule has 0 aromatic heterocycles. The van der Waals surface area contributed by atoms with Gasteiger partial charge in [-0.25, -0.2) is 8.42 Å². The second-order valence-corrected chi connectivity index (χ2v) is 11.6. The number of amidine groups is 1. The third kappa shape index (κ3) is 6.60. The lowest BCUT2D eigenvalue weighted by molar-refractivity contribution is -0.134. The molecule has 1 atom stereocenters. The van der Waals surface area contributed by atoms with Crippen molar-refractivity contribution in [2.75, 3.05) is 19.6 Å². The van der Waals surface area contributed by atoms with E-state index in [0.29, 0.717) is 47.3 Å². The summed E-state index contributed by atoms with van der Waals surface area (Å²) in [5.74, 6) is -0.0515. The lowest BCUT2D eigenvalue weighted by Crippen LogP contribution is -2.46. The minimum Gasteiger partial charge on any atom is -0.384 e. The number of amides is 1. The van der Waals surface area contributed by atoms with Gasteiger partial charge in [0.05, 0.1) is 4.90 Å². The number of piperidine rings is 1. The van der Waals surface area contributed by atoms with Crippen LogP contribution in [-0.2, 0) is 14.8 Å². The Morgan fingerprint density at radius 2 is 1.71 bits per heavy atom. The molecule has 0 saturated carbocycles. The van der Waals surface area contributed by atoms with Crippen LogP contribution in [0.2, 0.25) is 5.02 Å². The van der Waals surface area contributed by atoms with E-state index < -0.39 is 16.1 Å². The van der Waals surface area contributed by atoms with Gasteiger partial charge < -0.3 is 16.4 Å². The summed E-state index contributed by atoms with van der Waals surface area (Å²) >= 11 is 6.00. The fourth-order valence-electron chi connectivity index (χ4n) is 4.72. The van der Waals surface area contributed by atoms with Gasteiger partial charge in [0, 0.05) is 23.7 Å². The van der Waals surface area contributed by atoms with Gasteiger partial charge in [-0.05, 0) is 78.7 Å². The van der Waals surface area contributed by atoms with E-state index in [1.165, 1.54) is 6.07 Å². The van der Waals surface area contributed by atoms with E-state index in [1.807, 2.05) is 18.2 Å². The Morgan fingerprint density at radius 1 is 1.03 bits per heavy atom. The summed E-state index contributed by atoms with van der Waals surface area (Å²) in [6.07, 6.45) is 2.54. The summed E-state index contributed by atoms with van der Waals surface area (Å²) in [5.41, 5.74) is 13.7. The number of hydrogen-bond donors (Lipinski definition) is 4. The van der Waals surface area contributed by atoms with Crippen molar-refractivity contribution in [3.63, 3.8) is 0 Å². The molecule has 0 bridgehead atoms. The van der Waals surface area contributed by atoms with Crippen molar-refractivity contribution in [3.8, 4) is 11.1 Å². The molecule has 200 valence electrons. The first kappa shape index (κ1) is 27.8. The number of carbonyl (C=O) groups is 1. The van der Waals surface area contributed by atoms with Crippen LogP contribution in [0.1, 0.15) is 36.4 Å². The Hall–Kier alpha value is -3.24. The zero-order valence-electron chi connectivity index (χ0n) is 20.9. The van der Waals surface area contributed by atoms with Crippen LogP contribution in [0, 0.1) is 11.3 Å². The van der Waals surface area contributed by atoms with Gasteiger partial charge in [-0.2, -0.15) is 4.72 Å². The number of nitrogen functional groups attached to an aromatic ring is 1. The molecule has 1 aliphatic rings. The first-order valence-electron chi connectivity index (χ1n) is 12.5. The van der Waals surface area contributed by atoms with E-state index in [-0.39, 0.29) is 16.6 Å². The molecule has 1 unspecified atom stereocenters. The van der Waals surface area contributed by atoms with Gasteiger partial charge in [-0.15, -0.1) is 0 Å². The number of nitrogens with zero attached hydrogens (tertiary/aromatic N) is 1. The zero-order valence-corrected chi connectivity index (χ0v) is 22.5.